The summed E-state index contributed by atoms with van der Waals surface area (Å²) >= 11 is 5.76. The van der Waals surface area contributed by atoms with E-state index < -0.39 is 15.7 Å². The Morgan fingerprint density at radius 1 is 1.12 bits per heavy atom. The number of nitrogens with zero attached hydrogens (tertiary/aromatic N) is 1. The van der Waals surface area contributed by atoms with Crippen LogP contribution in [0.15, 0.2) is 53.4 Å². The normalized spacial score (nSPS) is 14.0. The molecular formula is C17H15ClN2O4S. The van der Waals surface area contributed by atoms with E-state index in [2.05, 4.69) is 5.32 Å². The first-order valence-electron chi connectivity index (χ1n) is 7.54. The number of sulfone groups is 1. The van der Waals surface area contributed by atoms with Crippen LogP contribution in [-0.2, 0) is 19.4 Å². The highest BCUT2D eigenvalue weighted by Crippen LogP contribution is 2.29. The second-order valence-electron chi connectivity index (χ2n) is 5.57. The second-order valence-corrected chi connectivity index (χ2v) is 8.11. The number of carbonyl (C=O) groups is 2. The third kappa shape index (κ3) is 3.83. The highest BCUT2D eigenvalue weighted by molar-refractivity contribution is 7.91. The Bertz CT molecular complexity index is 926. The van der Waals surface area contributed by atoms with E-state index in [1.807, 2.05) is 0 Å². The Morgan fingerprint density at radius 2 is 1.80 bits per heavy atom. The molecule has 2 aromatic rings. The van der Waals surface area contributed by atoms with Crippen molar-refractivity contribution in [2.75, 3.05) is 22.5 Å². The van der Waals surface area contributed by atoms with E-state index in [1.54, 1.807) is 24.3 Å². The largest absolute Gasteiger partial charge is 0.323 e. The molecule has 0 spiro atoms. The molecule has 0 unspecified atom stereocenters. The maximum Gasteiger partial charge on any atom is 0.244 e. The van der Waals surface area contributed by atoms with Gasteiger partial charge < -0.3 is 10.2 Å². The number of carbonyl (C=O) groups excluding carboxylic acids is 2. The van der Waals surface area contributed by atoms with Gasteiger partial charge in [0.05, 0.1) is 22.0 Å². The van der Waals surface area contributed by atoms with Crippen LogP contribution in [0.3, 0.4) is 0 Å². The fraction of sp³-hybridized carbons (Fsp3) is 0.176. The Kier molecular flexibility index (Phi) is 4.78. The van der Waals surface area contributed by atoms with Crippen LogP contribution in [0.2, 0.25) is 5.02 Å². The highest BCUT2D eigenvalue weighted by atomic mass is 35.5. The first kappa shape index (κ1) is 17.4. The number of para-hydroxylation sites is 2. The number of rotatable bonds is 4. The molecule has 25 heavy (non-hydrogen) atoms. The third-order valence-electron chi connectivity index (χ3n) is 3.83. The lowest BCUT2D eigenvalue weighted by Gasteiger charge is -2.29. The van der Waals surface area contributed by atoms with Crippen molar-refractivity contribution in [3.63, 3.8) is 0 Å². The maximum atomic E-state index is 12.5. The SMILES string of the molecule is O=C1CN(C(=O)CCS(=O)(=O)c2ccc(Cl)cc2)c2ccccc2N1. The predicted octanol–water partition coefficient (Wildman–Crippen LogP) is 2.49. The minimum atomic E-state index is -3.61. The van der Waals surface area contributed by atoms with Gasteiger partial charge in [-0.3, -0.25) is 9.59 Å². The quantitative estimate of drug-likeness (QED) is 0.885. The van der Waals surface area contributed by atoms with E-state index >= 15 is 0 Å². The average Bonchev–Trinajstić information content (AvgIpc) is 2.59. The lowest BCUT2D eigenvalue weighted by molar-refractivity contribution is -0.121. The summed E-state index contributed by atoms with van der Waals surface area (Å²) in [6.45, 7) is -0.128. The van der Waals surface area contributed by atoms with Crippen molar-refractivity contribution >= 4 is 44.6 Å². The zero-order valence-electron chi connectivity index (χ0n) is 13.1. The van der Waals surface area contributed by atoms with Gasteiger partial charge in [0, 0.05) is 11.4 Å². The molecular weight excluding hydrogens is 364 g/mol. The van der Waals surface area contributed by atoms with Crippen LogP contribution in [0.4, 0.5) is 11.4 Å². The Morgan fingerprint density at radius 3 is 2.52 bits per heavy atom. The van der Waals surface area contributed by atoms with Gasteiger partial charge in [-0.1, -0.05) is 23.7 Å². The van der Waals surface area contributed by atoms with Crippen LogP contribution >= 0.6 is 11.6 Å². The molecule has 2 aromatic carbocycles. The molecule has 130 valence electrons. The van der Waals surface area contributed by atoms with Gasteiger partial charge in [0.1, 0.15) is 6.54 Å². The first-order chi connectivity index (χ1) is 11.9. The van der Waals surface area contributed by atoms with Crippen molar-refractivity contribution in [3.05, 3.63) is 53.6 Å². The number of hydrogen-bond donors (Lipinski definition) is 1. The van der Waals surface area contributed by atoms with Crippen LogP contribution in [0.1, 0.15) is 6.42 Å². The summed E-state index contributed by atoms with van der Waals surface area (Å²) in [5.74, 6) is -1.07. The van der Waals surface area contributed by atoms with E-state index in [-0.39, 0.29) is 29.5 Å². The second kappa shape index (κ2) is 6.85. The summed E-state index contributed by atoms with van der Waals surface area (Å²) in [6.07, 6.45) is -0.216. The summed E-state index contributed by atoms with van der Waals surface area (Å²) in [7, 11) is -3.61. The van der Waals surface area contributed by atoms with E-state index in [4.69, 9.17) is 11.6 Å². The summed E-state index contributed by atoms with van der Waals surface area (Å²) < 4.78 is 24.7. The molecule has 1 heterocycles. The number of anilines is 2. The van der Waals surface area contributed by atoms with Gasteiger partial charge in [-0.2, -0.15) is 0 Å². The molecule has 0 aliphatic carbocycles. The Balaban J connectivity index is 1.75. The first-order valence-corrected chi connectivity index (χ1v) is 9.57. The van der Waals surface area contributed by atoms with E-state index in [0.29, 0.717) is 16.4 Å². The smallest absolute Gasteiger partial charge is 0.244 e. The van der Waals surface area contributed by atoms with Gasteiger partial charge in [-0.15, -0.1) is 0 Å². The molecule has 0 bridgehead atoms. The minimum absolute atomic E-state index is 0.112. The molecule has 1 N–H and O–H groups in total. The van der Waals surface area contributed by atoms with Gasteiger partial charge >= 0.3 is 0 Å². The van der Waals surface area contributed by atoms with E-state index in [9.17, 15) is 18.0 Å². The van der Waals surface area contributed by atoms with E-state index in [1.165, 1.54) is 29.2 Å². The molecule has 0 saturated heterocycles. The number of hydrogen-bond acceptors (Lipinski definition) is 4. The molecule has 0 fully saturated rings. The van der Waals surface area contributed by atoms with E-state index in [0.717, 1.165) is 0 Å². The number of halogens is 1. The van der Waals surface area contributed by atoms with Crippen LogP contribution in [0, 0.1) is 0 Å². The number of benzene rings is 2. The Hall–Kier alpha value is -2.38. The number of amides is 2. The molecule has 6 nitrogen and oxygen atoms in total. The number of nitrogens with one attached hydrogen (secondary N) is 1. The zero-order valence-corrected chi connectivity index (χ0v) is 14.7. The van der Waals surface area contributed by atoms with Crippen molar-refractivity contribution < 1.29 is 18.0 Å². The van der Waals surface area contributed by atoms with Crippen molar-refractivity contribution in [1.29, 1.82) is 0 Å². The molecule has 2 amide bonds. The highest BCUT2D eigenvalue weighted by Gasteiger charge is 2.27. The van der Waals surface area contributed by atoms with Gasteiger partial charge in [-0.25, -0.2) is 8.42 Å². The third-order valence-corrected chi connectivity index (χ3v) is 5.81. The molecule has 1 aliphatic heterocycles. The predicted molar refractivity (Wildman–Crippen MR) is 95.5 cm³/mol. The molecule has 0 radical (unpaired) electrons. The summed E-state index contributed by atoms with van der Waals surface area (Å²) in [6, 6.07) is 12.7. The van der Waals surface area contributed by atoms with Crippen LogP contribution in [-0.4, -0.2) is 32.5 Å². The van der Waals surface area contributed by atoms with Crippen molar-refractivity contribution in [2.45, 2.75) is 11.3 Å². The Labute approximate surface area is 150 Å². The molecule has 3 rings (SSSR count). The lowest BCUT2D eigenvalue weighted by atomic mass is 10.2. The molecule has 1 aliphatic rings. The topological polar surface area (TPSA) is 83.6 Å². The van der Waals surface area contributed by atoms with Gasteiger partial charge in [0.25, 0.3) is 0 Å². The summed E-state index contributed by atoms with van der Waals surface area (Å²) in [5, 5.41) is 3.12. The average molecular weight is 379 g/mol. The summed E-state index contributed by atoms with van der Waals surface area (Å²) in [5.41, 5.74) is 1.10. The van der Waals surface area contributed by atoms with Crippen molar-refractivity contribution in [1.82, 2.24) is 0 Å². The minimum Gasteiger partial charge on any atom is -0.323 e. The van der Waals surface area contributed by atoms with Crippen LogP contribution < -0.4 is 10.2 Å². The van der Waals surface area contributed by atoms with Gasteiger partial charge in [0.15, 0.2) is 9.84 Å². The lowest BCUT2D eigenvalue weighted by Crippen LogP contribution is -2.42. The standard InChI is InChI=1S/C17H15ClN2O4S/c18-12-5-7-13(8-6-12)25(23,24)10-9-17(22)20-11-16(21)19-14-3-1-2-4-15(14)20/h1-8H,9-11H2,(H,19,21). The summed E-state index contributed by atoms with van der Waals surface area (Å²) in [4.78, 5) is 25.7. The van der Waals surface area contributed by atoms with Crippen molar-refractivity contribution in [2.24, 2.45) is 0 Å². The monoisotopic (exact) mass is 378 g/mol. The van der Waals surface area contributed by atoms with Crippen molar-refractivity contribution in [3.8, 4) is 0 Å². The zero-order chi connectivity index (χ0) is 18.0. The molecule has 0 aromatic heterocycles. The fourth-order valence-electron chi connectivity index (χ4n) is 2.57. The van der Waals surface area contributed by atoms with Crippen LogP contribution in [0.25, 0.3) is 0 Å². The van der Waals surface area contributed by atoms with Crippen LogP contribution in [0.5, 0.6) is 0 Å². The molecule has 0 saturated carbocycles. The van der Waals surface area contributed by atoms with Gasteiger partial charge in [-0.05, 0) is 36.4 Å². The fourth-order valence-corrected chi connectivity index (χ4v) is 3.93. The van der Waals surface area contributed by atoms with Gasteiger partial charge in [0.2, 0.25) is 11.8 Å². The number of fused-ring (bicyclic) bond motifs is 1. The maximum absolute atomic E-state index is 12.5. The molecule has 0 atom stereocenters. The molecule has 8 heteroatoms.